The smallest absolute Gasteiger partial charge is 0.0836 e. The van der Waals surface area contributed by atoms with Crippen LogP contribution in [0.25, 0.3) is 0 Å². The lowest BCUT2D eigenvalue weighted by atomic mass is 10.0. The molecule has 0 saturated heterocycles. The van der Waals surface area contributed by atoms with Crippen molar-refractivity contribution < 1.29 is 13.9 Å². The first kappa shape index (κ1) is 36.3. The zero-order valence-electron chi connectivity index (χ0n) is 25.2. The van der Waals surface area contributed by atoms with E-state index in [1.165, 1.54) is 141 Å². The van der Waals surface area contributed by atoms with Crippen molar-refractivity contribution in [2.45, 2.75) is 207 Å². The van der Waals surface area contributed by atoms with E-state index in [0.29, 0.717) is 0 Å². The molecule has 0 aliphatic heterocycles. The van der Waals surface area contributed by atoms with Crippen molar-refractivity contribution in [2.24, 2.45) is 0 Å². The topological polar surface area (TPSA) is 41.5 Å². The van der Waals surface area contributed by atoms with Gasteiger partial charge >= 0.3 is 0 Å². The Kier molecular flexibility index (Phi) is 30.1. The fourth-order valence-electron chi connectivity index (χ4n) is 5.02. The van der Waals surface area contributed by atoms with Gasteiger partial charge in [0.1, 0.15) is 0 Å². The lowest BCUT2D eigenvalue weighted by Crippen LogP contribution is -2.19. The molecule has 0 rings (SSSR count). The summed E-state index contributed by atoms with van der Waals surface area (Å²) in [6.45, 7) is 9.06. The van der Waals surface area contributed by atoms with Crippen LogP contribution < -0.4 is 4.89 Å². The second kappa shape index (κ2) is 29.9. The summed E-state index contributed by atoms with van der Waals surface area (Å²) in [5, 5.41) is 0. The molecule has 36 heavy (non-hydrogen) atoms. The average Bonchev–Trinajstić information content (AvgIpc) is 2.87. The molecule has 0 fully saturated rings. The van der Waals surface area contributed by atoms with Gasteiger partial charge in [-0.2, -0.15) is 0 Å². The summed E-state index contributed by atoms with van der Waals surface area (Å²) in [7, 11) is -2.02. The molecule has 0 heterocycles. The van der Waals surface area contributed by atoms with Gasteiger partial charge in [-0.25, -0.2) is 0 Å². The predicted molar refractivity (Wildman–Crippen MR) is 159 cm³/mol. The van der Waals surface area contributed by atoms with E-state index in [9.17, 15) is 4.89 Å². The monoisotopic (exact) mass is 529 g/mol. The molecule has 218 valence electrons. The molecule has 0 aliphatic rings. The molecule has 0 spiro atoms. The summed E-state index contributed by atoms with van der Waals surface area (Å²) in [5.41, 5.74) is 0. The molecule has 0 saturated carbocycles. The molecule has 2 unspecified atom stereocenters. The third kappa shape index (κ3) is 25.9. The van der Waals surface area contributed by atoms with Crippen molar-refractivity contribution in [1.29, 1.82) is 0 Å². The Hall–Kier alpha value is 0.310. The molecular formula is C32H66O3P-. The lowest BCUT2D eigenvalue weighted by molar-refractivity contribution is -0.213. The zero-order chi connectivity index (χ0) is 26.5. The van der Waals surface area contributed by atoms with Gasteiger partial charge in [0, 0.05) is 0 Å². The van der Waals surface area contributed by atoms with Crippen molar-refractivity contribution in [3.63, 3.8) is 0 Å². The van der Waals surface area contributed by atoms with Crippen molar-refractivity contribution in [3.8, 4) is 0 Å². The van der Waals surface area contributed by atoms with Gasteiger partial charge in [0.25, 0.3) is 0 Å². The van der Waals surface area contributed by atoms with Crippen molar-refractivity contribution in [1.82, 2.24) is 0 Å². The molecule has 0 amide bonds. The minimum absolute atomic E-state index is 0.0978. The van der Waals surface area contributed by atoms with Gasteiger partial charge < -0.3 is 13.9 Å². The summed E-state index contributed by atoms with van der Waals surface area (Å²) in [5.74, 6) is 0. The highest BCUT2D eigenvalue weighted by molar-refractivity contribution is 7.39. The molecule has 3 nitrogen and oxygen atoms in total. The SMILES string of the molecule is CCCCCCCCC(CCCCCCC)OP([O-])OC(CCCCCCC)CCCCCCCC. The van der Waals surface area contributed by atoms with Crippen LogP contribution >= 0.6 is 8.60 Å². The zero-order valence-corrected chi connectivity index (χ0v) is 26.1. The van der Waals surface area contributed by atoms with Crippen LogP contribution in [0.3, 0.4) is 0 Å². The van der Waals surface area contributed by atoms with Crippen molar-refractivity contribution >= 4 is 8.60 Å². The minimum atomic E-state index is -2.02. The average molecular weight is 530 g/mol. The second-order valence-corrected chi connectivity index (χ2v) is 12.1. The van der Waals surface area contributed by atoms with E-state index in [1.54, 1.807) is 0 Å². The Labute approximate surface area is 229 Å². The van der Waals surface area contributed by atoms with Gasteiger partial charge in [-0.3, -0.25) is 0 Å². The number of hydrogen-bond donors (Lipinski definition) is 0. The molecule has 4 heteroatoms. The maximum atomic E-state index is 13.0. The van der Waals surface area contributed by atoms with E-state index in [2.05, 4.69) is 27.7 Å². The van der Waals surface area contributed by atoms with Gasteiger partial charge in [-0.15, -0.1) is 0 Å². The summed E-state index contributed by atoms with van der Waals surface area (Å²) >= 11 is 0. The summed E-state index contributed by atoms with van der Waals surface area (Å²) < 4.78 is 12.2. The van der Waals surface area contributed by atoms with Gasteiger partial charge in [-0.1, -0.05) is 169 Å². The fourth-order valence-corrected chi connectivity index (χ4v) is 5.98. The van der Waals surface area contributed by atoms with E-state index in [0.717, 1.165) is 25.7 Å². The molecule has 0 N–H and O–H groups in total. The highest BCUT2D eigenvalue weighted by atomic mass is 31.2. The molecule has 0 radical (unpaired) electrons. The molecule has 0 aromatic carbocycles. The quantitative estimate of drug-likeness (QED) is 0.0686. The Bertz CT molecular complexity index is 371. The summed E-state index contributed by atoms with van der Waals surface area (Å²) in [6, 6.07) is 0. The molecule has 0 aliphatic carbocycles. The largest absolute Gasteiger partial charge is 0.786 e. The van der Waals surface area contributed by atoms with Crippen LogP contribution in [-0.4, -0.2) is 12.2 Å². The third-order valence-corrected chi connectivity index (χ3v) is 8.43. The van der Waals surface area contributed by atoms with Gasteiger partial charge in [0.05, 0.1) is 20.8 Å². The van der Waals surface area contributed by atoms with Crippen LogP contribution in [0.15, 0.2) is 0 Å². The third-order valence-electron chi connectivity index (χ3n) is 7.49. The number of hydrogen-bond acceptors (Lipinski definition) is 3. The second-order valence-electron chi connectivity index (χ2n) is 11.2. The van der Waals surface area contributed by atoms with Crippen molar-refractivity contribution in [3.05, 3.63) is 0 Å². The molecule has 0 aromatic rings. The highest BCUT2D eigenvalue weighted by Gasteiger charge is 2.16. The van der Waals surface area contributed by atoms with Gasteiger partial charge in [-0.05, 0) is 25.7 Å². The number of rotatable bonds is 30. The van der Waals surface area contributed by atoms with E-state index < -0.39 is 8.60 Å². The number of unbranched alkanes of at least 4 members (excludes halogenated alkanes) is 18. The Balaban J connectivity index is 4.59. The minimum Gasteiger partial charge on any atom is -0.786 e. The van der Waals surface area contributed by atoms with Crippen molar-refractivity contribution in [2.75, 3.05) is 0 Å². The lowest BCUT2D eigenvalue weighted by Gasteiger charge is -2.32. The van der Waals surface area contributed by atoms with Gasteiger partial charge in [0.2, 0.25) is 0 Å². The molecule has 2 atom stereocenters. The van der Waals surface area contributed by atoms with E-state index in [1.807, 2.05) is 0 Å². The van der Waals surface area contributed by atoms with Crippen LogP contribution in [-0.2, 0) is 9.05 Å². The maximum absolute atomic E-state index is 13.0. The normalized spacial score (nSPS) is 14.2. The first-order valence-corrected chi connectivity index (χ1v) is 17.6. The first-order valence-electron chi connectivity index (χ1n) is 16.5. The van der Waals surface area contributed by atoms with Crippen LogP contribution in [0.5, 0.6) is 0 Å². The Morgan fingerprint density at radius 2 is 0.611 bits per heavy atom. The predicted octanol–water partition coefficient (Wildman–Crippen LogP) is 11.6. The van der Waals surface area contributed by atoms with Crippen LogP contribution in [0.1, 0.15) is 195 Å². The maximum Gasteiger partial charge on any atom is 0.0836 e. The van der Waals surface area contributed by atoms with E-state index >= 15 is 0 Å². The Morgan fingerprint density at radius 1 is 0.389 bits per heavy atom. The van der Waals surface area contributed by atoms with Crippen LogP contribution in [0, 0.1) is 0 Å². The molecular weight excluding hydrogens is 463 g/mol. The van der Waals surface area contributed by atoms with Gasteiger partial charge in [0.15, 0.2) is 0 Å². The van der Waals surface area contributed by atoms with E-state index in [-0.39, 0.29) is 12.2 Å². The summed E-state index contributed by atoms with van der Waals surface area (Å²) in [4.78, 5) is 13.0. The standard InChI is InChI=1S/C32H66O3P/c1-5-9-13-17-21-25-29-31(27-23-19-15-11-7-3)34-36(33)35-32(28-24-20-16-12-8-4)30-26-22-18-14-10-6-2/h31-32H,5-30H2,1-4H3/q-1. The first-order chi connectivity index (χ1) is 17.7. The van der Waals surface area contributed by atoms with Crippen LogP contribution in [0.2, 0.25) is 0 Å². The summed E-state index contributed by atoms with van der Waals surface area (Å²) in [6.07, 6.45) is 32.5. The highest BCUT2D eigenvalue weighted by Crippen LogP contribution is 2.37. The molecule has 0 bridgehead atoms. The Morgan fingerprint density at radius 3 is 0.861 bits per heavy atom. The van der Waals surface area contributed by atoms with E-state index in [4.69, 9.17) is 9.05 Å². The fraction of sp³-hybridized carbons (Fsp3) is 1.00. The molecule has 0 aromatic heterocycles. The van der Waals surface area contributed by atoms with Crippen LogP contribution in [0.4, 0.5) is 0 Å².